The molecule has 2 heterocycles. The van der Waals surface area contributed by atoms with Gasteiger partial charge in [-0.3, -0.25) is 4.79 Å². The van der Waals surface area contributed by atoms with E-state index in [1.807, 2.05) is 6.26 Å². The van der Waals surface area contributed by atoms with Crippen LogP contribution in [0.2, 0.25) is 5.02 Å². The number of nitrogens with zero attached hydrogens (tertiary/aromatic N) is 3. The lowest BCUT2D eigenvalue weighted by atomic mass is 10.2. The molecule has 1 amide bonds. The van der Waals surface area contributed by atoms with Crippen LogP contribution in [0.4, 0.5) is 0 Å². The molecular weight excluding hydrogens is 346 g/mol. The molecule has 120 valence electrons. The monoisotopic (exact) mass is 361 g/mol. The molecule has 0 radical (unpaired) electrons. The Kier molecular flexibility index (Phi) is 6.34. The van der Waals surface area contributed by atoms with Gasteiger partial charge in [0.15, 0.2) is 10.9 Å². The van der Waals surface area contributed by atoms with Gasteiger partial charge in [0.05, 0.1) is 17.8 Å². The zero-order valence-corrected chi connectivity index (χ0v) is 14.6. The first-order chi connectivity index (χ1) is 10.6. The third kappa shape index (κ3) is 3.85. The Morgan fingerprint density at radius 3 is 3.05 bits per heavy atom. The van der Waals surface area contributed by atoms with Gasteiger partial charge in [0, 0.05) is 18.1 Å². The second-order valence-corrected chi connectivity index (χ2v) is 6.72. The number of carbonyl (C=O) groups is 2. The van der Waals surface area contributed by atoms with Gasteiger partial charge in [-0.25, -0.2) is 14.8 Å². The van der Waals surface area contributed by atoms with Crippen molar-refractivity contribution in [3.63, 3.8) is 0 Å². The van der Waals surface area contributed by atoms with Gasteiger partial charge in [-0.05, 0) is 13.2 Å². The van der Waals surface area contributed by atoms with Crippen LogP contribution in [0, 0.1) is 0 Å². The van der Waals surface area contributed by atoms with Crippen molar-refractivity contribution < 1.29 is 14.3 Å². The van der Waals surface area contributed by atoms with Gasteiger partial charge in [-0.2, -0.15) is 11.8 Å². The summed E-state index contributed by atoms with van der Waals surface area (Å²) in [6.45, 7) is 2.49. The number of amides is 1. The van der Waals surface area contributed by atoms with Crippen LogP contribution >= 0.6 is 35.1 Å². The van der Waals surface area contributed by atoms with Gasteiger partial charge in [-0.1, -0.05) is 23.4 Å². The zero-order chi connectivity index (χ0) is 16.1. The fourth-order valence-corrected chi connectivity index (χ4v) is 3.56. The Bertz CT molecular complexity index is 573. The average Bonchev–Trinajstić information content (AvgIpc) is 2.55. The molecule has 0 saturated carbocycles. The van der Waals surface area contributed by atoms with Crippen LogP contribution in [0.3, 0.4) is 0 Å². The van der Waals surface area contributed by atoms with E-state index in [1.54, 1.807) is 18.7 Å². The highest BCUT2D eigenvalue weighted by atomic mass is 35.5. The summed E-state index contributed by atoms with van der Waals surface area (Å²) in [6.07, 6.45) is 3.22. The summed E-state index contributed by atoms with van der Waals surface area (Å²) < 4.78 is 5.06. The lowest BCUT2D eigenvalue weighted by Crippen LogP contribution is -2.51. The lowest BCUT2D eigenvalue weighted by Gasteiger charge is -2.33. The highest BCUT2D eigenvalue weighted by Gasteiger charge is 2.35. The average molecular weight is 362 g/mol. The van der Waals surface area contributed by atoms with E-state index in [0.29, 0.717) is 17.5 Å². The van der Waals surface area contributed by atoms with E-state index in [0.717, 1.165) is 5.75 Å². The van der Waals surface area contributed by atoms with Crippen LogP contribution < -0.4 is 0 Å². The van der Waals surface area contributed by atoms with Crippen molar-refractivity contribution in [2.24, 2.45) is 0 Å². The van der Waals surface area contributed by atoms with Crippen molar-refractivity contribution in [1.82, 2.24) is 14.9 Å². The van der Waals surface area contributed by atoms with Crippen molar-refractivity contribution in [3.05, 3.63) is 16.9 Å². The molecule has 0 aliphatic carbocycles. The lowest BCUT2D eigenvalue weighted by molar-refractivity contribution is -0.147. The standard InChI is InChI=1S/C13H16ClN3O3S2/c1-3-20-12(19)9-7-22-5-4-17(9)11(18)10-8(14)6-15-13(16-10)21-2/h6,9H,3-5,7H2,1-2H3/t9-/m0/s1. The Balaban J connectivity index is 2.27. The van der Waals surface area contributed by atoms with Crippen LogP contribution in [0.1, 0.15) is 17.4 Å². The third-order valence-electron chi connectivity index (χ3n) is 3.06. The van der Waals surface area contributed by atoms with Crippen LogP contribution in [0.15, 0.2) is 11.4 Å². The molecule has 1 aromatic rings. The number of ether oxygens (including phenoxy) is 1. The summed E-state index contributed by atoms with van der Waals surface area (Å²) in [5.74, 6) is 0.530. The van der Waals surface area contributed by atoms with Crippen LogP contribution in [0.25, 0.3) is 0 Å². The highest BCUT2D eigenvalue weighted by Crippen LogP contribution is 2.23. The quantitative estimate of drug-likeness (QED) is 0.461. The first kappa shape index (κ1) is 17.4. The van der Waals surface area contributed by atoms with Crippen LogP contribution in [0.5, 0.6) is 0 Å². The summed E-state index contributed by atoms with van der Waals surface area (Å²) in [4.78, 5) is 34.5. The van der Waals surface area contributed by atoms with E-state index in [4.69, 9.17) is 16.3 Å². The molecule has 0 aromatic carbocycles. The van der Waals surface area contributed by atoms with Gasteiger partial charge < -0.3 is 9.64 Å². The number of rotatable bonds is 4. The molecule has 0 bridgehead atoms. The number of carbonyl (C=O) groups excluding carboxylic acids is 2. The number of esters is 1. The Morgan fingerprint density at radius 1 is 1.59 bits per heavy atom. The van der Waals surface area contributed by atoms with E-state index < -0.39 is 12.0 Å². The molecule has 0 unspecified atom stereocenters. The molecule has 1 aromatic heterocycles. The minimum atomic E-state index is -0.602. The SMILES string of the molecule is CCOC(=O)[C@@H]1CSCCN1C(=O)c1nc(SC)ncc1Cl. The fraction of sp³-hybridized carbons (Fsp3) is 0.538. The maximum Gasteiger partial charge on any atom is 0.329 e. The molecular formula is C13H16ClN3O3S2. The first-order valence-corrected chi connectivity index (χ1v) is 9.46. The van der Waals surface area contributed by atoms with Crippen molar-refractivity contribution in [3.8, 4) is 0 Å². The second kappa shape index (κ2) is 8.03. The summed E-state index contributed by atoms with van der Waals surface area (Å²) >= 11 is 9.00. The smallest absolute Gasteiger partial charge is 0.329 e. The number of hydrogen-bond donors (Lipinski definition) is 0. The molecule has 0 N–H and O–H groups in total. The second-order valence-electron chi connectivity index (χ2n) is 4.39. The van der Waals surface area contributed by atoms with Gasteiger partial charge in [0.1, 0.15) is 6.04 Å². The minimum Gasteiger partial charge on any atom is -0.464 e. The largest absolute Gasteiger partial charge is 0.464 e. The van der Waals surface area contributed by atoms with E-state index in [9.17, 15) is 9.59 Å². The topological polar surface area (TPSA) is 72.4 Å². The summed E-state index contributed by atoms with van der Waals surface area (Å²) in [6, 6.07) is -0.602. The molecule has 1 fully saturated rings. The minimum absolute atomic E-state index is 0.127. The van der Waals surface area contributed by atoms with E-state index in [-0.39, 0.29) is 23.2 Å². The summed E-state index contributed by atoms with van der Waals surface area (Å²) in [5.41, 5.74) is 0.127. The molecule has 1 aliphatic rings. The van der Waals surface area contributed by atoms with E-state index in [2.05, 4.69) is 9.97 Å². The number of halogens is 1. The zero-order valence-electron chi connectivity index (χ0n) is 12.2. The number of aromatic nitrogens is 2. The predicted molar refractivity (Wildman–Crippen MR) is 87.6 cm³/mol. The number of hydrogen-bond acceptors (Lipinski definition) is 7. The predicted octanol–water partition coefficient (Wildman–Crippen LogP) is 1.97. The summed E-state index contributed by atoms with van der Waals surface area (Å²) in [7, 11) is 0. The molecule has 22 heavy (non-hydrogen) atoms. The summed E-state index contributed by atoms with van der Waals surface area (Å²) in [5, 5.41) is 0.649. The molecule has 2 rings (SSSR count). The van der Waals surface area contributed by atoms with E-state index >= 15 is 0 Å². The first-order valence-electron chi connectivity index (χ1n) is 6.70. The maximum atomic E-state index is 12.7. The Morgan fingerprint density at radius 2 is 2.36 bits per heavy atom. The van der Waals surface area contributed by atoms with Gasteiger partial charge >= 0.3 is 5.97 Å². The molecule has 9 heteroatoms. The normalized spacial score (nSPS) is 18.1. The molecule has 0 spiro atoms. The fourth-order valence-electron chi connectivity index (χ4n) is 2.02. The van der Waals surface area contributed by atoms with Gasteiger partial charge in [-0.15, -0.1) is 0 Å². The third-order valence-corrected chi connectivity index (χ3v) is 4.92. The van der Waals surface area contributed by atoms with Crippen molar-refractivity contribution in [2.75, 3.05) is 30.9 Å². The van der Waals surface area contributed by atoms with Crippen molar-refractivity contribution >= 4 is 47.0 Å². The molecule has 1 saturated heterocycles. The molecule has 1 atom stereocenters. The van der Waals surface area contributed by atoms with Crippen LogP contribution in [-0.4, -0.2) is 63.7 Å². The van der Waals surface area contributed by atoms with E-state index in [1.165, 1.54) is 22.9 Å². The highest BCUT2D eigenvalue weighted by molar-refractivity contribution is 7.99. The van der Waals surface area contributed by atoms with Crippen molar-refractivity contribution in [1.29, 1.82) is 0 Å². The van der Waals surface area contributed by atoms with Gasteiger partial charge in [0.2, 0.25) is 0 Å². The van der Waals surface area contributed by atoms with Crippen molar-refractivity contribution in [2.45, 2.75) is 18.1 Å². The Labute approximate surface area is 142 Å². The Hall–Kier alpha value is -0.990. The molecule has 1 aliphatic heterocycles. The maximum absolute atomic E-state index is 12.7. The number of thioether (sulfide) groups is 2. The van der Waals surface area contributed by atoms with Gasteiger partial charge in [0.25, 0.3) is 5.91 Å². The van der Waals surface area contributed by atoms with Crippen LogP contribution in [-0.2, 0) is 9.53 Å². The molecule has 6 nitrogen and oxygen atoms in total.